The topological polar surface area (TPSA) is 97.6 Å². The normalized spacial score (nSPS) is 14.3. The summed E-state index contributed by atoms with van der Waals surface area (Å²) in [5, 5.41) is 2.83. The van der Waals surface area contributed by atoms with Crippen molar-refractivity contribution in [2.75, 3.05) is 18.8 Å². The van der Waals surface area contributed by atoms with Gasteiger partial charge in [-0.1, -0.05) is 37.3 Å². The van der Waals surface area contributed by atoms with Crippen molar-refractivity contribution in [2.24, 2.45) is 5.73 Å². The molecule has 0 aliphatic carbocycles. The molecule has 0 unspecified atom stereocenters. The Morgan fingerprint density at radius 3 is 2.73 bits per heavy atom. The average Bonchev–Trinajstić information content (AvgIpc) is 3.15. The van der Waals surface area contributed by atoms with Gasteiger partial charge < -0.3 is 20.5 Å². The van der Waals surface area contributed by atoms with Gasteiger partial charge in [-0.2, -0.15) is 0 Å². The molecular formula is C19H20N4O3. The molecule has 4 rings (SSSR count). The number of rotatable bonds is 4. The van der Waals surface area contributed by atoms with Crippen molar-refractivity contribution >= 4 is 17.3 Å². The van der Waals surface area contributed by atoms with Crippen LogP contribution in [0.4, 0.5) is 5.69 Å². The minimum atomic E-state index is -0.231. The summed E-state index contributed by atoms with van der Waals surface area (Å²) in [6, 6.07) is 11.5. The summed E-state index contributed by atoms with van der Waals surface area (Å²) in [7, 11) is 0. The summed E-state index contributed by atoms with van der Waals surface area (Å²) >= 11 is 0. The van der Waals surface area contributed by atoms with Crippen LogP contribution in [0.25, 0.3) is 16.8 Å². The van der Waals surface area contributed by atoms with Gasteiger partial charge in [0.1, 0.15) is 5.70 Å². The number of anilines is 1. The third-order valence-electron chi connectivity index (χ3n) is 4.39. The second-order valence-corrected chi connectivity index (χ2v) is 6.06. The first-order valence-corrected chi connectivity index (χ1v) is 8.53. The Labute approximate surface area is 151 Å². The number of carbonyl (C=O) groups is 1. The van der Waals surface area contributed by atoms with Gasteiger partial charge in [-0.15, -0.1) is 0 Å². The van der Waals surface area contributed by atoms with E-state index in [1.54, 1.807) is 0 Å². The maximum absolute atomic E-state index is 12.3. The zero-order chi connectivity index (χ0) is 18.1. The summed E-state index contributed by atoms with van der Waals surface area (Å²) in [5.41, 5.74) is 16.4. The molecular weight excluding hydrogens is 332 g/mol. The number of nitrogens with two attached hydrogens (primary N) is 1. The van der Waals surface area contributed by atoms with Crippen LogP contribution in [0.1, 0.15) is 18.9 Å². The molecule has 2 heterocycles. The molecule has 2 aliphatic heterocycles. The van der Waals surface area contributed by atoms with Crippen molar-refractivity contribution in [3.05, 3.63) is 47.7 Å². The lowest BCUT2D eigenvalue weighted by Gasteiger charge is -2.26. The van der Waals surface area contributed by atoms with Crippen LogP contribution >= 0.6 is 0 Å². The average molecular weight is 352 g/mol. The number of hydrazine groups is 1. The lowest BCUT2D eigenvalue weighted by atomic mass is 9.96. The molecule has 0 spiro atoms. The number of benzene rings is 2. The van der Waals surface area contributed by atoms with Crippen LogP contribution in [-0.2, 0) is 4.79 Å². The van der Waals surface area contributed by atoms with E-state index in [9.17, 15) is 4.79 Å². The summed E-state index contributed by atoms with van der Waals surface area (Å²) < 4.78 is 11.1. The van der Waals surface area contributed by atoms with Gasteiger partial charge in [0, 0.05) is 23.2 Å². The molecule has 0 saturated heterocycles. The largest absolute Gasteiger partial charge is 0.454 e. The summed E-state index contributed by atoms with van der Waals surface area (Å²) in [4.78, 5) is 12.3. The third-order valence-corrected chi connectivity index (χ3v) is 4.39. The van der Waals surface area contributed by atoms with Crippen LogP contribution < -0.4 is 31.4 Å². The van der Waals surface area contributed by atoms with Gasteiger partial charge in [-0.05, 0) is 12.5 Å². The van der Waals surface area contributed by atoms with E-state index in [1.165, 1.54) is 0 Å². The number of para-hydroxylation sites is 2. The number of ether oxygens (including phenoxy) is 2. The van der Waals surface area contributed by atoms with E-state index in [1.807, 2.05) is 43.3 Å². The highest BCUT2D eigenvalue weighted by Gasteiger charge is 2.26. The third kappa shape index (κ3) is 2.57. The molecule has 2 aromatic rings. The van der Waals surface area contributed by atoms with Crippen molar-refractivity contribution in [1.82, 2.24) is 10.7 Å². The fourth-order valence-corrected chi connectivity index (χ4v) is 3.11. The maximum atomic E-state index is 12.3. The highest BCUT2D eigenvalue weighted by Crippen LogP contribution is 2.45. The maximum Gasteiger partial charge on any atom is 0.271 e. The second kappa shape index (κ2) is 6.51. The minimum Gasteiger partial charge on any atom is -0.454 e. The summed E-state index contributed by atoms with van der Waals surface area (Å²) in [5.74, 6) is 1.19. The van der Waals surface area contributed by atoms with Crippen molar-refractivity contribution < 1.29 is 14.3 Å². The number of hydrogen-bond acceptors (Lipinski definition) is 6. The van der Waals surface area contributed by atoms with E-state index in [0.29, 0.717) is 29.4 Å². The molecule has 1 amide bonds. The fourth-order valence-electron chi connectivity index (χ4n) is 3.11. The Bertz CT molecular complexity index is 908. The van der Waals surface area contributed by atoms with Gasteiger partial charge in [-0.25, -0.2) is 0 Å². The van der Waals surface area contributed by atoms with Crippen LogP contribution in [0.15, 0.2) is 42.1 Å². The molecule has 2 aromatic carbocycles. The van der Waals surface area contributed by atoms with Gasteiger partial charge >= 0.3 is 0 Å². The number of amides is 1. The first-order chi connectivity index (χ1) is 12.7. The van der Waals surface area contributed by atoms with Gasteiger partial charge in [0.25, 0.3) is 5.91 Å². The van der Waals surface area contributed by atoms with E-state index in [-0.39, 0.29) is 12.7 Å². The fraction of sp³-hybridized carbons (Fsp3) is 0.211. The zero-order valence-corrected chi connectivity index (χ0v) is 14.4. The van der Waals surface area contributed by atoms with Crippen LogP contribution in [0.3, 0.4) is 0 Å². The van der Waals surface area contributed by atoms with Crippen molar-refractivity contribution in [1.29, 1.82) is 0 Å². The summed E-state index contributed by atoms with van der Waals surface area (Å²) in [6.07, 6.45) is 0.855. The van der Waals surface area contributed by atoms with E-state index in [4.69, 9.17) is 15.2 Å². The molecule has 0 saturated carbocycles. The van der Waals surface area contributed by atoms with Gasteiger partial charge in [0.15, 0.2) is 11.5 Å². The van der Waals surface area contributed by atoms with Crippen LogP contribution in [0, 0.1) is 0 Å². The highest BCUT2D eigenvalue weighted by atomic mass is 16.7. The SMILES string of the molecule is CCCNC(=O)C1=C(N)c2cccc(-c3cccc4c3OCO4)c2NN1. The Kier molecular flexibility index (Phi) is 4.04. The Morgan fingerprint density at radius 2 is 1.88 bits per heavy atom. The number of nitrogens with one attached hydrogen (secondary N) is 3. The number of hydrogen-bond donors (Lipinski definition) is 4. The van der Waals surface area contributed by atoms with Crippen molar-refractivity contribution in [2.45, 2.75) is 13.3 Å². The number of carbonyl (C=O) groups excluding carboxylic acids is 1. The molecule has 0 atom stereocenters. The van der Waals surface area contributed by atoms with Crippen LogP contribution in [0.2, 0.25) is 0 Å². The van der Waals surface area contributed by atoms with E-state index < -0.39 is 0 Å². The Hall–Kier alpha value is -3.35. The molecule has 0 bridgehead atoms. The van der Waals surface area contributed by atoms with E-state index in [0.717, 1.165) is 28.8 Å². The monoisotopic (exact) mass is 352 g/mol. The number of fused-ring (bicyclic) bond motifs is 2. The van der Waals surface area contributed by atoms with Gasteiger partial charge in [0.2, 0.25) is 6.79 Å². The molecule has 0 fully saturated rings. The highest BCUT2D eigenvalue weighted by molar-refractivity contribution is 6.04. The van der Waals surface area contributed by atoms with Crippen molar-refractivity contribution in [3.8, 4) is 22.6 Å². The van der Waals surface area contributed by atoms with E-state index >= 15 is 0 Å². The van der Waals surface area contributed by atoms with Gasteiger partial charge in [-0.3, -0.25) is 15.6 Å². The second-order valence-electron chi connectivity index (χ2n) is 6.06. The smallest absolute Gasteiger partial charge is 0.271 e. The Balaban J connectivity index is 1.78. The van der Waals surface area contributed by atoms with Gasteiger partial charge in [0.05, 0.1) is 11.4 Å². The predicted molar refractivity (Wildman–Crippen MR) is 99.2 cm³/mol. The minimum absolute atomic E-state index is 0.205. The lowest BCUT2D eigenvalue weighted by Crippen LogP contribution is -2.39. The van der Waals surface area contributed by atoms with Crippen LogP contribution in [0.5, 0.6) is 11.5 Å². The first kappa shape index (κ1) is 16.1. The van der Waals surface area contributed by atoms with Crippen LogP contribution in [-0.4, -0.2) is 19.2 Å². The molecule has 26 heavy (non-hydrogen) atoms. The predicted octanol–water partition coefficient (Wildman–Crippen LogP) is 2.17. The standard InChI is InChI=1S/C19H20N4O3/c1-2-9-21-19(24)17-15(20)13-7-3-5-11(16(13)22-23-17)12-6-4-8-14-18(12)26-10-25-14/h3-8,22-23H,2,9-10,20H2,1H3,(H,21,24). The summed E-state index contributed by atoms with van der Waals surface area (Å²) in [6.45, 7) is 2.80. The molecule has 134 valence electrons. The van der Waals surface area contributed by atoms with E-state index in [2.05, 4.69) is 16.2 Å². The molecule has 5 N–H and O–H groups in total. The molecule has 0 aromatic heterocycles. The lowest BCUT2D eigenvalue weighted by molar-refractivity contribution is -0.117. The van der Waals surface area contributed by atoms with Crippen molar-refractivity contribution in [3.63, 3.8) is 0 Å². The first-order valence-electron chi connectivity index (χ1n) is 8.53. The molecule has 7 heteroatoms. The molecule has 0 radical (unpaired) electrons. The quantitative estimate of drug-likeness (QED) is 0.673. The molecule has 2 aliphatic rings. The molecule has 7 nitrogen and oxygen atoms in total. The zero-order valence-electron chi connectivity index (χ0n) is 14.4. The Morgan fingerprint density at radius 1 is 1.12 bits per heavy atom.